The zero-order valence-corrected chi connectivity index (χ0v) is 11.7. The van der Waals surface area contributed by atoms with E-state index in [-0.39, 0.29) is 0 Å². The largest absolute Gasteiger partial charge is 0.377 e. The molecule has 1 aliphatic rings. The highest BCUT2D eigenvalue weighted by molar-refractivity contribution is 4.64. The van der Waals surface area contributed by atoms with E-state index in [9.17, 15) is 0 Å². The predicted molar refractivity (Wildman–Crippen MR) is 73.5 cm³/mol. The summed E-state index contributed by atoms with van der Waals surface area (Å²) in [6.45, 7) is 11.1. The summed E-state index contributed by atoms with van der Waals surface area (Å²) in [6, 6.07) is 0. The minimum atomic E-state index is 0.415. The fourth-order valence-electron chi connectivity index (χ4n) is 2.34. The van der Waals surface area contributed by atoms with Gasteiger partial charge < -0.3 is 15.0 Å². The molecular weight excluding hydrogens is 212 g/mol. The van der Waals surface area contributed by atoms with Crippen molar-refractivity contribution in [2.24, 2.45) is 0 Å². The maximum absolute atomic E-state index is 5.86. The Balaban J connectivity index is 1.90. The predicted octanol–water partition coefficient (Wildman–Crippen LogP) is 2.27. The number of nitrogens with one attached hydrogen (secondary N) is 1. The van der Waals surface area contributed by atoms with Crippen molar-refractivity contribution in [2.45, 2.75) is 52.1 Å². The van der Waals surface area contributed by atoms with Crippen LogP contribution in [0, 0.1) is 0 Å². The van der Waals surface area contributed by atoms with Crippen molar-refractivity contribution in [3.05, 3.63) is 0 Å². The molecule has 1 saturated heterocycles. The maximum atomic E-state index is 5.86. The van der Waals surface area contributed by atoms with Crippen molar-refractivity contribution in [3.63, 3.8) is 0 Å². The SMILES string of the molecule is CCNCCCC(C)OCCN1CCCCC1. The Morgan fingerprint density at radius 2 is 2.00 bits per heavy atom. The molecule has 1 rings (SSSR count). The first-order valence-corrected chi connectivity index (χ1v) is 7.37. The maximum Gasteiger partial charge on any atom is 0.0597 e. The Morgan fingerprint density at radius 1 is 1.24 bits per heavy atom. The Labute approximate surface area is 107 Å². The zero-order valence-electron chi connectivity index (χ0n) is 11.7. The smallest absolute Gasteiger partial charge is 0.0597 e. The summed E-state index contributed by atoms with van der Waals surface area (Å²) in [5.74, 6) is 0. The molecule has 3 heteroatoms. The van der Waals surface area contributed by atoms with Crippen LogP contribution in [0.15, 0.2) is 0 Å². The quantitative estimate of drug-likeness (QED) is 0.628. The third-order valence-electron chi connectivity index (χ3n) is 3.47. The first-order valence-electron chi connectivity index (χ1n) is 7.37. The van der Waals surface area contributed by atoms with Crippen molar-refractivity contribution in [3.8, 4) is 0 Å². The van der Waals surface area contributed by atoms with E-state index in [0.717, 1.165) is 26.2 Å². The molecule has 0 bridgehead atoms. The first kappa shape index (κ1) is 14.9. The molecule has 17 heavy (non-hydrogen) atoms. The van der Waals surface area contributed by atoms with Gasteiger partial charge in [0.2, 0.25) is 0 Å². The Kier molecular flexibility index (Phi) is 8.67. The van der Waals surface area contributed by atoms with Crippen LogP contribution in [0.4, 0.5) is 0 Å². The molecule has 1 N–H and O–H groups in total. The van der Waals surface area contributed by atoms with E-state index >= 15 is 0 Å². The highest BCUT2D eigenvalue weighted by atomic mass is 16.5. The Bertz CT molecular complexity index is 170. The molecule has 0 aromatic heterocycles. The third kappa shape index (κ3) is 7.74. The van der Waals surface area contributed by atoms with Gasteiger partial charge in [0.25, 0.3) is 0 Å². The highest BCUT2D eigenvalue weighted by Gasteiger charge is 2.10. The molecule has 0 saturated carbocycles. The van der Waals surface area contributed by atoms with Crippen molar-refractivity contribution >= 4 is 0 Å². The number of hydrogen-bond acceptors (Lipinski definition) is 3. The lowest BCUT2D eigenvalue weighted by molar-refractivity contribution is 0.0393. The molecular formula is C14H30N2O. The lowest BCUT2D eigenvalue weighted by Crippen LogP contribution is -2.33. The van der Waals surface area contributed by atoms with E-state index in [4.69, 9.17) is 4.74 Å². The van der Waals surface area contributed by atoms with E-state index in [1.54, 1.807) is 0 Å². The molecule has 0 amide bonds. The van der Waals surface area contributed by atoms with Crippen LogP contribution in [-0.4, -0.2) is 50.3 Å². The third-order valence-corrected chi connectivity index (χ3v) is 3.47. The summed E-state index contributed by atoms with van der Waals surface area (Å²) in [5, 5.41) is 3.35. The summed E-state index contributed by atoms with van der Waals surface area (Å²) in [7, 11) is 0. The van der Waals surface area contributed by atoms with Gasteiger partial charge in [-0.2, -0.15) is 0 Å². The van der Waals surface area contributed by atoms with Gasteiger partial charge in [-0.1, -0.05) is 13.3 Å². The topological polar surface area (TPSA) is 24.5 Å². The molecule has 1 fully saturated rings. The molecule has 102 valence electrons. The number of piperidine rings is 1. The van der Waals surface area contributed by atoms with Crippen molar-refractivity contribution in [1.82, 2.24) is 10.2 Å². The van der Waals surface area contributed by atoms with Gasteiger partial charge in [-0.15, -0.1) is 0 Å². The monoisotopic (exact) mass is 242 g/mol. The average molecular weight is 242 g/mol. The number of likely N-dealkylation sites (tertiary alicyclic amines) is 1. The van der Waals surface area contributed by atoms with Gasteiger partial charge in [0.05, 0.1) is 12.7 Å². The van der Waals surface area contributed by atoms with Gasteiger partial charge in [-0.3, -0.25) is 0 Å². The van der Waals surface area contributed by atoms with E-state index < -0.39 is 0 Å². The fraction of sp³-hybridized carbons (Fsp3) is 1.00. The molecule has 0 radical (unpaired) electrons. The zero-order chi connectivity index (χ0) is 12.3. The van der Waals surface area contributed by atoms with Crippen LogP contribution in [0.25, 0.3) is 0 Å². The van der Waals surface area contributed by atoms with Gasteiger partial charge in [0.15, 0.2) is 0 Å². The highest BCUT2D eigenvalue weighted by Crippen LogP contribution is 2.08. The molecule has 1 aliphatic heterocycles. The van der Waals surface area contributed by atoms with Gasteiger partial charge in [0.1, 0.15) is 0 Å². The van der Waals surface area contributed by atoms with Crippen LogP contribution in [0.3, 0.4) is 0 Å². The number of nitrogens with zero attached hydrogens (tertiary/aromatic N) is 1. The molecule has 0 aromatic carbocycles. The Morgan fingerprint density at radius 3 is 2.71 bits per heavy atom. The van der Waals surface area contributed by atoms with E-state index in [1.165, 1.54) is 45.2 Å². The van der Waals surface area contributed by atoms with Crippen LogP contribution in [0.5, 0.6) is 0 Å². The van der Waals surface area contributed by atoms with Crippen LogP contribution in [0.1, 0.15) is 46.0 Å². The number of rotatable bonds is 9. The molecule has 0 aromatic rings. The normalized spacial score (nSPS) is 19.4. The van der Waals surface area contributed by atoms with Crippen LogP contribution >= 0.6 is 0 Å². The summed E-state index contributed by atoms with van der Waals surface area (Å²) >= 11 is 0. The van der Waals surface area contributed by atoms with Crippen LogP contribution in [0.2, 0.25) is 0 Å². The van der Waals surface area contributed by atoms with Gasteiger partial charge in [-0.05, 0) is 58.8 Å². The molecule has 1 heterocycles. The minimum Gasteiger partial charge on any atom is -0.377 e. The van der Waals surface area contributed by atoms with E-state index in [2.05, 4.69) is 24.1 Å². The standard InChI is InChI=1S/C14H30N2O/c1-3-15-9-7-8-14(2)17-13-12-16-10-5-4-6-11-16/h14-15H,3-13H2,1-2H3. The second-order valence-electron chi connectivity index (χ2n) is 5.08. The van der Waals surface area contributed by atoms with Gasteiger partial charge in [0, 0.05) is 6.54 Å². The second kappa shape index (κ2) is 9.86. The van der Waals surface area contributed by atoms with Gasteiger partial charge in [-0.25, -0.2) is 0 Å². The van der Waals surface area contributed by atoms with Crippen LogP contribution < -0.4 is 5.32 Å². The Hall–Kier alpha value is -0.120. The van der Waals surface area contributed by atoms with Crippen molar-refractivity contribution in [2.75, 3.05) is 39.3 Å². The lowest BCUT2D eigenvalue weighted by atomic mass is 10.1. The van der Waals surface area contributed by atoms with E-state index in [1.807, 2.05) is 0 Å². The molecule has 0 spiro atoms. The number of ether oxygens (including phenoxy) is 1. The lowest BCUT2D eigenvalue weighted by Gasteiger charge is -2.26. The van der Waals surface area contributed by atoms with Crippen LogP contribution in [-0.2, 0) is 4.74 Å². The summed E-state index contributed by atoms with van der Waals surface area (Å²) in [6.07, 6.45) is 6.97. The second-order valence-corrected chi connectivity index (χ2v) is 5.08. The summed E-state index contributed by atoms with van der Waals surface area (Å²) < 4.78 is 5.86. The molecule has 3 nitrogen and oxygen atoms in total. The summed E-state index contributed by atoms with van der Waals surface area (Å²) in [5.41, 5.74) is 0. The molecule has 0 aliphatic carbocycles. The number of hydrogen-bond donors (Lipinski definition) is 1. The minimum absolute atomic E-state index is 0.415. The van der Waals surface area contributed by atoms with E-state index in [0.29, 0.717) is 6.10 Å². The van der Waals surface area contributed by atoms with Crippen molar-refractivity contribution in [1.29, 1.82) is 0 Å². The molecule has 1 atom stereocenters. The fourth-order valence-corrected chi connectivity index (χ4v) is 2.34. The van der Waals surface area contributed by atoms with Crippen molar-refractivity contribution < 1.29 is 4.74 Å². The average Bonchev–Trinajstić information content (AvgIpc) is 2.36. The molecule has 1 unspecified atom stereocenters. The van der Waals surface area contributed by atoms with Gasteiger partial charge >= 0.3 is 0 Å². The first-order chi connectivity index (χ1) is 8.33. The summed E-state index contributed by atoms with van der Waals surface area (Å²) in [4.78, 5) is 2.54.